The normalized spacial score (nSPS) is 12.2. The number of benzene rings is 1. The molecule has 0 saturated heterocycles. The Kier molecular flexibility index (Phi) is 5.58. The van der Waals surface area contributed by atoms with Gasteiger partial charge in [0.25, 0.3) is 5.91 Å². The zero-order valence-corrected chi connectivity index (χ0v) is 12.2. The van der Waals surface area contributed by atoms with E-state index in [1.807, 2.05) is 0 Å². The van der Waals surface area contributed by atoms with Crippen molar-refractivity contribution in [3.63, 3.8) is 0 Å². The molecule has 5 nitrogen and oxygen atoms in total. The van der Waals surface area contributed by atoms with E-state index in [-0.39, 0.29) is 11.7 Å². The van der Waals surface area contributed by atoms with Gasteiger partial charge in [0.15, 0.2) is 6.10 Å². The molecular formula is C14H16ClNO4. The number of likely N-dealkylation sites (N-methyl/N-ethyl adjacent to an activating group) is 1. The number of ether oxygens (including phenoxy) is 1. The second-order valence-corrected chi connectivity index (χ2v) is 4.73. The summed E-state index contributed by atoms with van der Waals surface area (Å²) in [6.45, 7) is 1.61. The first-order valence-corrected chi connectivity index (χ1v) is 6.28. The van der Waals surface area contributed by atoms with Crippen LogP contribution in [0.3, 0.4) is 0 Å². The molecule has 0 heterocycles. The average Bonchev–Trinajstić information content (AvgIpc) is 2.38. The van der Waals surface area contributed by atoms with Crippen molar-refractivity contribution >= 4 is 29.6 Å². The zero-order valence-electron chi connectivity index (χ0n) is 11.5. The van der Waals surface area contributed by atoms with Gasteiger partial charge in [-0.15, -0.1) is 0 Å². The quantitative estimate of drug-likeness (QED) is 0.847. The Bertz CT molecular complexity index is 540. The standard InChI is InChI=1S/C14H16ClNO4/c1-9(14(19)16(2)3)20-13-10(7-8-12(17)18)5-4-6-11(13)15/h4-9H,1-3H3,(H,17,18)/b8-7+. The molecular weight excluding hydrogens is 282 g/mol. The van der Waals surface area contributed by atoms with E-state index in [0.717, 1.165) is 6.08 Å². The molecule has 0 saturated carbocycles. The third kappa shape index (κ3) is 4.28. The minimum absolute atomic E-state index is 0.210. The smallest absolute Gasteiger partial charge is 0.328 e. The van der Waals surface area contributed by atoms with Crippen molar-refractivity contribution in [2.45, 2.75) is 13.0 Å². The number of aliphatic carboxylic acids is 1. The Morgan fingerprint density at radius 3 is 2.60 bits per heavy atom. The molecule has 108 valence electrons. The van der Waals surface area contributed by atoms with Crippen molar-refractivity contribution in [2.75, 3.05) is 14.1 Å². The Morgan fingerprint density at radius 1 is 1.40 bits per heavy atom. The average molecular weight is 298 g/mol. The predicted octanol–water partition coefficient (Wildman–Crippen LogP) is 2.29. The third-order valence-electron chi connectivity index (χ3n) is 2.49. The second-order valence-electron chi connectivity index (χ2n) is 4.32. The summed E-state index contributed by atoms with van der Waals surface area (Å²) in [5.41, 5.74) is 0.498. The SMILES string of the molecule is CC(Oc1c(Cl)cccc1/C=C/C(=O)O)C(=O)N(C)C. The molecule has 0 bridgehead atoms. The molecule has 0 spiro atoms. The maximum atomic E-state index is 11.8. The van der Waals surface area contributed by atoms with Gasteiger partial charge in [0.2, 0.25) is 0 Å². The van der Waals surface area contributed by atoms with Crippen LogP contribution in [0.15, 0.2) is 24.3 Å². The molecule has 1 rings (SSSR count). The monoisotopic (exact) mass is 297 g/mol. The van der Waals surface area contributed by atoms with Gasteiger partial charge < -0.3 is 14.7 Å². The highest BCUT2D eigenvalue weighted by atomic mass is 35.5. The minimum atomic E-state index is -1.08. The highest BCUT2D eigenvalue weighted by molar-refractivity contribution is 6.32. The summed E-state index contributed by atoms with van der Waals surface area (Å²) in [5, 5.41) is 8.97. The van der Waals surface area contributed by atoms with E-state index in [1.165, 1.54) is 11.0 Å². The van der Waals surface area contributed by atoms with Gasteiger partial charge in [-0.3, -0.25) is 4.79 Å². The van der Waals surface area contributed by atoms with Gasteiger partial charge in [0, 0.05) is 25.7 Å². The van der Waals surface area contributed by atoms with Gasteiger partial charge in [-0.1, -0.05) is 23.7 Å². The summed E-state index contributed by atoms with van der Waals surface area (Å²) >= 11 is 6.04. The van der Waals surface area contributed by atoms with Gasteiger partial charge in [0.1, 0.15) is 5.75 Å². The van der Waals surface area contributed by atoms with Crippen LogP contribution in [0.4, 0.5) is 0 Å². The topological polar surface area (TPSA) is 66.8 Å². The predicted molar refractivity (Wildman–Crippen MR) is 76.9 cm³/mol. The van der Waals surface area contributed by atoms with Crippen molar-refractivity contribution in [1.29, 1.82) is 0 Å². The number of carboxylic acids is 1. The molecule has 0 aliphatic carbocycles. The molecule has 20 heavy (non-hydrogen) atoms. The van der Waals surface area contributed by atoms with Crippen molar-refractivity contribution in [1.82, 2.24) is 4.90 Å². The summed E-state index contributed by atoms with van der Waals surface area (Å²) < 4.78 is 5.56. The number of rotatable bonds is 5. The summed E-state index contributed by atoms with van der Waals surface area (Å²) in [6, 6.07) is 4.95. The van der Waals surface area contributed by atoms with Crippen LogP contribution in [0.2, 0.25) is 5.02 Å². The van der Waals surface area contributed by atoms with Crippen LogP contribution in [0.25, 0.3) is 6.08 Å². The van der Waals surface area contributed by atoms with E-state index < -0.39 is 12.1 Å². The summed E-state index contributed by atoms with van der Waals surface area (Å²) in [5.74, 6) is -0.999. The Labute approximate surface area is 122 Å². The van der Waals surface area contributed by atoms with Crippen LogP contribution in [0, 0.1) is 0 Å². The maximum Gasteiger partial charge on any atom is 0.328 e. The summed E-state index contributed by atoms with van der Waals surface area (Å²) in [4.78, 5) is 23.8. The number of hydrogen-bond donors (Lipinski definition) is 1. The van der Waals surface area contributed by atoms with Crippen LogP contribution in [-0.2, 0) is 9.59 Å². The van der Waals surface area contributed by atoms with E-state index in [0.29, 0.717) is 10.6 Å². The fraction of sp³-hybridized carbons (Fsp3) is 0.286. The molecule has 6 heteroatoms. The molecule has 0 aliphatic rings. The van der Waals surface area contributed by atoms with Crippen molar-refractivity contribution in [3.05, 3.63) is 34.9 Å². The lowest BCUT2D eigenvalue weighted by Gasteiger charge is -2.20. The number of hydrogen-bond acceptors (Lipinski definition) is 3. The first-order valence-electron chi connectivity index (χ1n) is 5.90. The Balaban J connectivity index is 3.04. The van der Waals surface area contributed by atoms with Crippen LogP contribution < -0.4 is 4.74 Å². The highest BCUT2D eigenvalue weighted by Crippen LogP contribution is 2.30. The van der Waals surface area contributed by atoms with E-state index in [4.69, 9.17) is 21.4 Å². The molecule has 1 atom stereocenters. The number of nitrogens with zero attached hydrogens (tertiary/aromatic N) is 1. The van der Waals surface area contributed by atoms with Crippen molar-refractivity contribution < 1.29 is 19.4 Å². The van der Waals surface area contributed by atoms with Gasteiger partial charge >= 0.3 is 5.97 Å². The molecule has 0 aliphatic heterocycles. The highest BCUT2D eigenvalue weighted by Gasteiger charge is 2.19. The van der Waals surface area contributed by atoms with Crippen LogP contribution >= 0.6 is 11.6 Å². The van der Waals surface area contributed by atoms with Crippen LogP contribution in [0.5, 0.6) is 5.75 Å². The second kappa shape index (κ2) is 6.96. The number of carbonyl (C=O) groups excluding carboxylic acids is 1. The van der Waals surface area contributed by atoms with Crippen LogP contribution in [0.1, 0.15) is 12.5 Å². The molecule has 0 aromatic heterocycles. The fourth-order valence-electron chi connectivity index (χ4n) is 1.53. The zero-order chi connectivity index (χ0) is 15.3. The lowest BCUT2D eigenvalue weighted by atomic mass is 10.2. The van der Waals surface area contributed by atoms with Crippen molar-refractivity contribution in [3.8, 4) is 5.75 Å². The number of amides is 1. The third-order valence-corrected chi connectivity index (χ3v) is 2.78. The van der Waals surface area contributed by atoms with E-state index in [2.05, 4.69) is 0 Å². The number of para-hydroxylation sites is 1. The molecule has 1 aromatic rings. The van der Waals surface area contributed by atoms with Gasteiger partial charge in [0.05, 0.1) is 5.02 Å². The first-order chi connectivity index (χ1) is 9.32. The van der Waals surface area contributed by atoms with Gasteiger partial charge in [-0.2, -0.15) is 0 Å². The molecule has 1 aromatic carbocycles. The minimum Gasteiger partial charge on any atom is -0.479 e. The molecule has 1 unspecified atom stereocenters. The molecule has 1 N–H and O–H groups in total. The lowest BCUT2D eigenvalue weighted by molar-refractivity contribution is -0.135. The molecule has 1 amide bonds. The van der Waals surface area contributed by atoms with Gasteiger partial charge in [-0.25, -0.2) is 4.79 Å². The maximum absolute atomic E-state index is 11.8. The number of carbonyl (C=O) groups is 2. The largest absolute Gasteiger partial charge is 0.479 e. The molecule has 0 fully saturated rings. The van der Waals surface area contributed by atoms with E-state index in [1.54, 1.807) is 39.2 Å². The van der Waals surface area contributed by atoms with E-state index >= 15 is 0 Å². The Hall–Kier alpha value is -2.01. The molecule has 0 radical (unpaired) electrons. The Morgan fingerprint density at radius 2 is 2.05 bits per heavy atom. The first kappa shape index (κ1) is 16.0. The van der Waals surface area contributed by atoms with Crippen LogP contribution in [-0.4, -0.2) is 42.1 Å². The lowest BCUT2D eigenvalue weighted by Crippen LogP contribution is -2.35. The number of carboxylic acid groups (broad SMARTS) is 1. The van der Waals surface area contributed by atoms with E-state index in [9.17, 15) is 9.59 Å². The summed E-state index contributed by atoms with van der Waals surface area (Å²) in [7, 11) is 3.25. The number of halogens is 1. The van der Waals surface area contributed by atoms with Crippen molar-refractivity contribution in [2.24, 2.45) is 0 Å². The fourth-order valence-corrected chi connectivity index (χ4v) is 1.76. The summed E-state index contributed by atoms with van der Waals surface area (Å²) in [6.07, 6.45) is 1.63. The van der Waals surface area contributed by atoms with Gasteiger partial charge in [-0.05, 0) is 19.1 Å².